The topological polar surface area (TPSA) is 75.7 Å². The van der Waals surface area contributed by atoms with Gasteiger partial charge in [-0.05, 0) is 51.8 Å². The normalized spacial score (nSPS) is 14.1. The van der Waals surface area contributed by atoms with Crippen LogP contribution >= 0.6 is 0 Å². The maximum Gasteiger partial charge on any atom is 0.274 e. The van der Waals surface area contributed by atoms with Crippen LogP contribution in [0.3, 0.4) is 0 Å². The number of carbonyl (C=O) groups excluding carboxylic acids is 1. The fraction of sp³-hybridized carbons (Fsp3) is 0.318. The number of furan rings is 1. The molecule has 1 amide bonds. The minimum atomic E-state index is -0.286. The molecule has 0 aliphatic carbocycles. The van der Waals surface area contributed by atoms with Crippen molar-refractivity contribution in [3.05, 3.63) is 64.7 Å². The summed E-state index contributed by atoms with van der Waals surface area (Å²) in [6, 6.07) is 11.8. The molecule has 7 nitrogen and oxygen atoms in total. The second kappa shape index (κ2) is 7.95. The molecule has 1 aliphatic heterocycles. The van der Waals surface area contributed by atoms with Gasteiger partial charge in [-0.1, -0.05) is 18.2 Å². The highest BCUT2D eigenvalue weighted by atomic mass is 16.3. The third-order valence-corrected chi connectivity index (χ3v) is 5.13. The summed E-state index contributed by atoms with van der Waals surface area (Å²) in [5, 5.41) is 8.98. The highest BCUT2D eigenvalue weighted by Gasteiger charge is 2.23. The Morgan fingerprint density at radius 2 is 1.90 bits per heavy atom. The summed E-state index contributed by atoms with van der Waals surface area (Å²) in [7, 11) is 0. The van der Waals surface area contributed by atoms with Crippen LogP contribution in [-0.4, -0.2) is 35.0 Å². The van der Waals surface area contributed by atoms with Gasteiger partial charge in [-0.2, -0.15) is 10.2 Å². The maximum atomic E-state index is 12.4. The van der Waals surface area contributed by atoms with Gasteiger partial charge < -0.3 is 9.32 Å². The molecule has 150 valence electrons. The molecule has 3 heterocycles. The van der Waals surface area contributed by atoms with Gasteiger partial charge in [0.15, 0.2) is 0 Å². The second-order valence-electron chi connectivity index (χ2n) is 7.29. The zero-order chi connectivity index (χ0) is 20.4. The number of amides is 1. The number of aryl methyl sites for hydroxylation is 3. The van der Waals surface area contributed by atoms with E-state index in [2.05, 4.69) is 15.4 Å². The molecule has 0 bridgehead atoms. The van der Waals surface area contributed by atoms with E-state index in [4.69, 9.17) is 9.52 Å². The van der Waals surface area contributed by atoms with Crippen LogP contribution in [0, 0.1) is 20.8 Å². The van der Waals surface area contributed by atoms with E-state index in [-0.39, 0.29) is 5.91 Å². The first-order valence-corrected chi connectivity index (χ1v) is 9.85. The van der Waals surface area contributed by atoms with Crippen LogP contribution in [0.4, 0.5) is 5.82 Å². The number of hydrogen-bond donors (Lipinski definition) is 1. The summed E-state index contributed by atoms with van der Waals surface area (Å²) in [5.74, 6) is 2.01. The number of nitrogens with zero attached hydrogens (tertiary/aromatic N) is 4. The third kappa shape index (κ3) is 3.81. The van der Waals surface area contributed by atoms with Gasteiger partial charge >= 0.3 is 0 Å². The third-order valence-electron chi connectivity index (χ3n) is 5.13. The molecule has 0 atom stereocenters. The van der Waals surface area contributed by atoms with E-state index < -0.39 is 0 Å². The van der Waals surface area contributed by atoms with Crippen molar-refractivity contribution < 1.29 is 9.21 Å². The molecule has 1 saturated heterocycles. The maximum absolute atomic E-state index is 12.4. The van der Waals surface area contributed by atoms with Crippen molar-refractivity contribution >= 4 is 17.9 Å². The predicted octanol–water partition coefficient (Wildman–Crippen LogP) is 3.75. The fourth-order valence-electron chi connectivity index (χ4n) is 3.73. The Hall–Kier alpha value is -3.35. The van der Waals surface area contributed by atoms with E-state index >= 15 is 0 Å². The number of nitrogens with one attached hydrogen (secondary N) is 1. The molecule has 1 N–H and O–H groups in total. The molecule has 0 spiro atoms. The Balaban J connectivity index is 1.64. The van der Waals surface area contributed by atoms with Gasteiger partial charge in [0.1, 0.15) is 17.3 Å². The lowest BCUT2D eigenvalue weighted by Gasteiger charge is -2.20. The number of para-hydroxylation sites is 1. The Morgan fingerprint density at radius 3 is 2.55 bits per heavy atom. The number of hydrazone groups is 1. The molecule has 1 aromatic carbocycles. The zero-order valence-electron chi connectivity index (χ0n) is 17.0. The number of carbonyl (C=O) groups is 1. The van der Waals surface area contributed by atoms with Crippen molar-refractivity contribution in [2.24, 2.45) is 5.10 Å². The molecule has 4 rings (SSSR count). The SMILES string of the molecule is Cc1cc(C(=O)N/N=C/c2c(C)nn(-c3ccccc3)c2N2CCCC2)c(C)o1. The van der Waals surface area contributed by atoms with Crippen LogP contribution in [0.25, 0.3) is 5.69 Å². The smallest absolute Gasteiger partial charge is 0.274 e. The molecular weight excluding hydrogens is 366 g/mol. The summed E-state index contributed by atoms with van der Waals surface area (Å²) in [4.78, 5) is 14.7. The van der Waals surface area contributed by atoms with Crippen LogP contribution in [0.2, 0.25) is 0 Å². The molecule has 2 aromatic heterocycles. The first-order valence-electron chi connectivity index (χ1n) is 9.85. The minimum absolute atomic E-state index is 0.286. The fourth-order valence-corrected chi connectivity index (χ4v) is 3.73. The van der Waals surface area contributed by atoms with Crippen molar-refractivity contribution in [2.75, 3.05) is 18.0 Å². The summed E-state index contributed by atoms with van der Waals surface area (Å²) < 4.78 is 7.39. The van der Waals surface area contributed by atoms with Gasteiger partial charge in [0.25, 0.3) is 5.91 Å². The minimum Gasteiger partial charge on any atom is -0.466 e. The molecule has 29 heavy (non-hydrogen) atoms. The summed E-state index contributed by atoms with van der Waals surface area (Å²) in [5.41, 5.74) is 5.89. The number of hydrogen-bond acceptors (Lipinski definition) is 5. The molecule has 1 aliphatic rings. The average molecular weight is 391 g/mol. The largest absolute Gasteiger partial charge is 0.466 e. The van der Waals surface area contributed by atoms with Gasteiger partial charge in [-0.25, -0.2) is 10.1 Å². The highest BCUT2D eigenvalue weighted by molar-refractivity contribution is 5.96. The Bertz CT molecular complexity index is 1040. The lowest BCUT2D eigenvalue weighted by Crippen LogP contribution is -2.23. The van der Waals surface area contributed by atoms with E-state index in [0.717, 1.165) is 48.7 Å². The van der Waals surface area contributed by atoms with E-state index in [0.29, 0.717) is 17.1 Å². The van der Waals surface area contributed by atoms with Gasteiger partial charge in [0, 0.05) is 13.1 Å². The van der Waals surface area contributed by atoms with Gasteiger partial charge in [-0.15, -0.1) is 0 Å². The second-order valence-corrected chi connectivity index (χ2v) is 7.29. The lowest BCUT2D eigenvalue weighted by molar-refractivity contribution is 0.0953. The average Bonchev–Trinajstić information content (AvgIpc) is 3.42. The Labute approximate surface area is 170 Å². The monoisotopic (exact) mass is 391 g/mol. The van der Waals surface area contributed by atoms with Crippen molar-refractivity contribution in [3.63, 3.8) is 0 Å². The molecule has 7 heteroatoms. The predicted molar refractivity (Wildman–Crippen MR) is 113 cm³/mol. The van der Waals surface area contributed by atoms with Gasteiger partial charge in [0.2, 0.25) is 0 Å². The molecular formula is C22H25N5O2. The number of aromatic nitrogens is 2. The summed E-state index contributed by atoms with van der Waals surface area (Å²) >= 11 is 0. The van der Waals surface area contributed by atoms with Crippen molar-refractivity contribution in [1.29, 1.82) is 0 Å². The van der Waals surface area contributed by atoms with E-state index in [1.165, 1.54) is 0 Å². The highest BCUT2D eigenvalue weighted by Crippen LogP contribution is 2.29. The van der Waals surface area contributed by atoms with Gasteiger partial charge in [0.05, 0.1) is 28.7 Å². The van der Waals surface area contributed by atoms with E-state index in [9.17, 15) is 4.79 Å². The molecule has 1 fully saturated rings. The van der Waals surface area contributed by atoms with E-state index in [1.807, 2.05) is 48.9 Å². The van der Waals surface area contributed by atoms with E-state index in [1.54, 1.807) is 19.2 Å². The molecule has 0 saturated carbocycles. The van der Waals surface area contributed by atoms with Crippen molar-refractivity contribution in [1.82, 2.24) is 15.2 Å². The molecule has 0 radical (unpaired) electrons. The first-order chi connectivity index (χ1) is 14.0. The number of anilines is 1. The van der Waals surface area contributed by atoms with Crippen LogP contribution in [-0.2, 0) is 0 Å². The summed E-state index contributed by atoms with van der Waals surface area (Å²) in [6.45, 7) is 7.52. The number of rotatable bonds is 5. The Kier molecular flexibility index (Phi) is 5.20. The standard InChI is InChI=1S/C22H25N5O2/c1-15-13-19(17(3)29-15)21(28)24-23-14-20-16(2)25-27(18-9-5-4-6-10-18)22(20)26-11-7-8-12-26/h4-6,9-10,13-14H,7-8,11-12H2,1-3H3,(H,24,28)/b23-14+. The quantitative estimate of drug-likeness (QED) is 0.531. The van der Waals surface area contributed by atoms with Crippen LogP contribution in [0.1, 0.15) is 46.0 Å². The zero-order valence-corrected chi connectivity index (χ0v) is 17.0. The lowest BCUT2D eigenvalue weighted by atomic mass is 10.2. The molecule has 0 unspecified atom stereocenters. The summed E-state index contributed by atoms with van der Waals surface area (Å²) in [6.07, 6.45) is 4.01. The number of benzene rings is 1. The van der Waals surface area contributed by atoms with Crippen LogP contribution < -0.4 is 10.3 Å². The van der Waals surface area contributed by atoms with Gasteiger partial charge in [-0.3, -0.25) is 4.79 Å². The first kappa shape index (κ1) is 19.0. The molecule has 3 aromatic rings. The van der Waals surface area contributed by atoms with Crippen LogP contribution in [0.5, 0.6) is 0 Å². The van der Waals surface area contributed by atoms with Crippen molar-refractivity contribution in [2.45, 2.75) is 33.6 Å². The Morgan fingerprint density at radius 1 is 1.17 bits per heavy atom. The van der Waals surface area contributed by atoms with Crippen LogP contribution in [0.15, 0.2) is 45.9 Å². The van der Waals surface area contributed by atoms with Crippen molar-refractivity contribution in [3.8, 4) is 5.69 Å².